The van der Waals surface area contributed by atoms with Crippen LogP contribution in [-0.2, 0) is 0 Å². The van der Waals surface area contributed by atoms with Crippen LogP contribution in [0.5, 0.6) is 0 Å². The fourth-order valence-corrected chi connectivity index (χ4v) is 9.36. The minimum absolute atomic E-state index is 0.250. The van der Waals surface area contributed by atoms with Crippen molar-refractivity contribution < 1.29 is 0 Å². The molecule has 262 valence electrons. The van der Waals surface area contributed by atoms with Gasteiger partial charge < -0.3 is 4.90 Å². The van der Waals surface area contributed by atoms with Crippen LogP contribution in [0.25, 0.3) is 55.0 Å². The van der Waals surface area contributed by atoms with Crippen LogP contribution in [0.3, 0.4) is 0 Å². The fraction of sp³-hybridized carbons (Fsp3) is 0.115. The summed E-state index contributed by atoms with van der Waals surface area (Å²) < 4.78 is 0. The van der Waals surface area contributed by atoms with E-state index in [-0.39, 0.29) is 12.0 Å². The molecule has 55 heavy (non-hydrogen) atoms. The van der Waals surface area contributed by atoms with Gasteiger partial charge in [0, 0.05) is 45.5 Å². The van der Waals surface area contributed by atoms with E-state index in [0.717, 1.165) is 51.5 Å². The first kappa shape index (κ1) is 31.9. The first-order valence-electron chi connectivity index (χ1n) is 19.5. The van der Waals surface area contributed by atoms with Gasteiger partial charge in [-0.2, -0.15) is 0 Å². The van der Waals surface area contributed by atoms with Crippen molar-refractivity contribution in [3.05, 3.63) is 205 Å². The van der Waals surface area contributed by atoms with Crippen LogP contribution < -0.4 is 4.90 Å². The molecule has 7 aromatic rings. The van der Waals surface area contributed by atoms with E-state index in [0.29, 0.717) is 11.8 Å². The number of allylic oxidation sites excluding steroid dienone is 10. The van der Waals surface area contributed by atoms with Crippen molar-refractivity contribution in [1.29, 1.82) is 0 Å². The lowest BCUT2D eigenvalue weighted by atomic mass is 9.87. The zero-order valence-corrected chi connectivity index (χ0v) is 30.5. The molecule has 4 unspecified atom stereocenters. The lowest BCUT2D eigenvalue weighted by molar-refractivity contribution is 0.745. The van der Waals surface area contributed by atoms with Crippen LogP contribution in [0, 0.1) is 0 Å². The Bertz CT molecular complexity index is 2850. The van der Waals surface area contributed by atoms with Gasteiger partial charge in [-0.05, 0) is 87.8 Å². The number of benzene rings is 6. The summed E-state index contributed by atoms with van der Waals surface area (Å²) in [6.45, 7) is 0. The first-order valence-corrected chi connectivity index (χ1v) is 19.5. The topological polar surface area (TPSA) is 29.0 Å². The van der Waals surface area contributed by atoms with Gasteiger partial charge in [0.2, 0.25) is 0 Å². The molecule has 11 rings (SSSR count). The van der Waals surface area contributed by atoms with Crippen molar-refractivity contribution in [1.82, 2.24) is 9.97 Å². The molecule has 3 aliphatic carbocycles. The van der Waals surface area contributed by atoms with Gasteiger partial charge in [-0.25, -0.2) is 4.98 Å². The van der Waals surface area contributed by atoms with E-state index in [2.05, 4.69) is 187 Å². The molecule has 0 saturated heterocycles. The molecule has 0 radical (unpaired) electrons. The second-order valence-corrected chi connectivity index (χ2v) is 15.2. The van der Waals surface area contributed by atoms with Crippen molar-refractivity contribution in [2.75, 3.05) is 4.90 Å². The average molecular weight is 706 g/mol. The number of fused-ring (bicyclic) bond motifs is 9. The standard InChI is InChI=1S/C52H39N3/c1-4-14-34(15-5-1)36-24-27-43-45(30-36)46-31-37(35-16-6-2-7-17-35)25-28-44(46)52-51(43)53-33-48(54-52)41-21-11-10-20-40(41)38-26-29-50-47(32-38)42-22-12-13-23-49(42)55(50)39-18-8-3-9-19-39/h1-14,16,18-35,42,49H,15,17H2. The van der Waals surface area contributed by atoms with Gasteiger partial charge in [0.15, 0.2) is 0 Å². The van der Waals surface area contributed by atoms with E-state index in [1.807, 2.05) is 6.20 Å². The quantitative estimate of drug-likeness (QED) is 0.167. The highest BCUT2D eigenvalue weighted by molar-refractivity contribution is 6.23. The normalized spacial score (nSPS) is 20.8. The summed E-state index contributed by atoms with van der Waals surface area (Å²) in [7, 11) is 0. The van der Waals surface area contributed by atoms with E-state index in [4.69, 9.17) is 9.97 Å². The molecule has 4 atom stereocenters. The van der Waals surface area contributed by atoms with E-state index in [1.165, 1.54) is 44.4 Å². The van der Waals surface area contributed by atoms with Gasteiger partial charge in [0.05, 0.1) is 29.0 Å². The molecule has 3 nitrogen and oxygen atoms in total. The smallest absolute Gasteiger partial charge is 0.0979 e. The minimum atomic E-state index is 0.250. The van der Waals surface area contributed by atoms with Gasteiger partial charge in [-0.15, -0.1) is 0 Å². The van der Waals surface area contributed by atoms with E-state index < -0.39 is 0 Å². The van der Waals surface area contributed by atoms with E-state index in [9.17, 15) is 0 Å². The molecule has 0 spiro atoms. The number of hydrogen-bond donors (Lipinski definition) is 0. The number of rotatable bonds is 5. The highest BCUT2D eigenvalue weighted by atomic mass is 15.2. The zero-order chi connectivity index (χ0) is 36.3. The van der Waals surface area contributed by atoms with Crippen molar-refractivity contribution in [2.45, 2.75) is 36.6 Å². The molecule has 4 aliphatic rings. The number of anilines is 2. The molecule has 0 N–H and O–H groups in total. The minimum Gasteiger partial charge on any atom is -0.333 e. The van der Waals surface area contributed by atoms with Crippen molar-refractivity contribution in [3.8, 4) is 22.4 Å². The van der Waals surface area contributed by atoms with Gasteiger partial charge >= 0.3 is 0 Å². The molecule has 0 amide bonds. The predicted molar refractivity (Wildman–Crippen MR) is 230 cm³/mol. The summed E-state index contributed by atoms with van der Waals surface area (Å²) >= 11 is 0. The van der Waals surface area contributed by atoms with E-state index in [1.54, 1.807) is 0 Å². The van der Waals surface area contributed by atoms with Crippen molar-refractivity contribution in [3.63, 3.8) is 0 Å². The summed E-state index contributed by atoms with van der Waals surface area (Å²) in [5.41, 5.74) is 12.7. The first-order chi connectivity index (χ1) is 27.3. The van der Waals surface area contributed by atoms with Crippen molar-refractivity contribution >= 4 is 44.0 Å². The monoisotopic (exact) mass is 705 g/mol. The highest BCUT2D eigenvalue weighted by Gasteiger charge is 2.37. The maximum Gasteiger partial charge on any atom is 0.0979 e. The van der Waals surface area contributed by atoms with Crippen LogP contribution in [-0.4, -0.2) is 16.0 Å². The Balaban J connectivity index is 1.06. The van der Waals surface area contributed by atoms with Crippen LogP contribution in [0.2, 0.25) is 0 Å². The SMILES string of the molecule is C1=CCC(c2ccc3c(c2)c2cc(C4C=CC=CC4)ccc2c2nc(-c4ccccc4-c4ccc5c(c4)C4C=CC=CC4N5c4ccccc4)cnc32)C=C1. The molecular formula is C52H39N3. The summed E-state index contributed by atoms with van der Waals surface area (Å²) in [6.07, 6.45) is 30.9. The third-order valence-corrected chi connectivity index (χ3v) is 12.1. The molecular weight excluding hydrogens is 667 g/mol. The number of nitrogens with zero attached hydrogens (tertiary/aromatic N) is 3. The lowest BCUT2D eigenvalue weighted by Crippen LogP contribution is -2.28. The molecule has 3 heteroatoms. The molecule has 1 aromatic heterocycles. The maximum absolute atomic E-state index is 5.52. The molecule has 0 bridgehead atoms. The molecule has 1 aliphatic heterocycles. The fourth-order valence-electron chi connectivity index (χ4n) is 9.36. The number of hydrogen-bond acceptors (Lipinski definition) is 3. The van der Waals surface area contributed by atoms with Gasteiger partial charge in [-0.1, -0.05) is 146 Å². The number of para-hydroxylation sites is 1. The molecule has 0 saturated carbocycles. The molecule has 2 heterocycles. The van der Waals surface area contributed by atoms with E-state index >= 15 is 0 Å². The molecule has 0 fully saturated rings. The van der Waals surface area contributed by atoms with Crippen LogP contribution in [0.1, 0.15) is 47.3 Å². The largest absolute Gasteiger partial charge is 0.333 e. The third-order valence-electron chi connectivity index (χ3n) is 12.1. The Morgan fingerprint density at radius 1 is 0.527 bits per heavy atom. The second kappa shape index (κ2) is 13.1. The summed E-state index contributed by atoms with van der Waals surface area (Å²) in [4.78, 5) is 13.3. The third kappa shape index (κ3) is 5.33. The Kier molecular flexibility index (Phi) is 7.58. The Morgan fingerprint density at radius 2 is 1.18 bits per heavy atom. The maximum atomic E-state index is 5.52. The highest BCUT2D eigenvalue weighted by Crippen LogP contribution is 2.49. The van der Waals surface area contributed by atoms with Gasteiger partial charge in [0.1, 0.15) is 0 Å². The molecule has 6 aromatic carbocycles. The van der Waals surface area contributed by atoms with Crippen LogP contribution in [0.4, 0.5) is 11.4 Å². The Morgan fingerprint density at radius 3 is 1.89 bits per heavy atom. The Labute approximate surface area is 321 Å². The van der Waals surface area contributed by atoms with Crippen LogP contribution in [0.15, 0.2) is 188 Å². The summed E-state index contributed by atoms with van der Waals surface area (Å²) in [5, 5.41) is 4.78. The second-order valence-electron chi connectivity index (χ2n) is 15.2. The predicted octanol–water partition coefficient (Wildman–Crippen LogP) is 13.2. The summed E-state index contributed by atoms with van der Waals surface area (Å²) in [5.74, 6) is 1.02. The Hall–Kier alpha value is -6.58. The van der Waals surface area contributed by atoms with Crippen LogP contribution >= 0.6 is 0 Å². The lowest BCUT2D eigenvalue weighted by Gasteiger charge is -2.28. The zero-order valence-electron chi connectivity index (χ0n) is 30.5. The van der Waals surface area contributed by atoms with Gasteiger partial charge in [-0.3, -0.25) is 4.98 Å². The van der Waals surface area contributed by atoms with Crippen molar-refractivity contribution in [2.24, 2.45) is 0 Å². The average Bonchev–Trinajstić information content (AvgIpc) is 3.60. The summed E-state index contributed by atoms with van der Waals surface area (Å²) in [6, 6.07) is 40.7. The number of aromatic nitrogens is 2. The van der Waals surface area contributed by atoms with Gasteiger partial charge in [0.25, 0.3) is 0 Å².